The number of sulfonamides is 1. The van der Waals surface area contributed by atoms with E-state index in [1.54, 1.807) is 18.2 Å². The molecule has 6 nitrogen and oxygen atoms in total. The van der Waals surface area contributed by atoms with Crippen LogP contribution in [0.25, 0.3) is 0 Å². The zero-order chi connectivity index (χ0) is 18.9. The highest BCUT2D eigenvalue weighted by molar-refractivity contribution is 7.98. The van der Waals surface area contributed by atoms with Gasteiger partial charge in [0.1, 0.15) is 5.75 Å². The first-order valence-electron chi connectivity index (χ1n) is 7.67. The molecule has 9 heteroatoms. The second kappa shape index (κ2) is 7.38. The van der Waals surface area contributed by atoms with Crippen LogP contribution in [0.2, 0.25) is 5.02 Å². The van der Waals surface area contributed by atoms with Gasteiger partial charge in [-0.05, 0) is 36.6 Å². The van der Waals surface area contributed by atoms with Gasteiger partial charge in [0.25, 0.3) is 5.91 Å². The molecule has 1 heterocycles. The molecule has 0 saturated carbocycles. The minimum absolute atomic E-state index is 0.126. The van der Waals surface area contributed by atoms with E-state index in [4.69, 9.17) is 16.3 Å². The number of fused-ring (bicyclic) bond motifs is 1. The fourth-order valence-corrected chi connectivity index (χ4v) is 4.26. The number of rotatable bonds is 4. The summed E-state index contributed by atoms with van der Waals surface area (Å²) >= 11 is 7.48. The van der Waals surface area contributed by atoms with Gasteiger partial charge in [0.05, 0.1) is 24.2 Å². The zero-order valence-electron chi connectivity index (χ0n) is 14.1. The number of benzene rings is 2. The summed E-state index contributed by atoms with van der Waals surface area (Å²) in [6, 6.07) is 12.0. The molecule has 3 rings (SSSR count). The lowest BCUT2D eigenvalue weighted by Gasteiger charge is -2.34. The van der Waals surface area contributed by atoms with Crippen molar-refractivity contribution in [3.05, 3.63) is 47.5 Å². The summed E-state index contributed by atoms with van der Waals surface area (Å²) in [6.45, 7) is -0.126. The Morgan fingerprint density at radius 3 is 2.73 bits per heavy atom. The third-order valence-corrected chi connectivity index (χ3v) is 6.03. The largest absolute Gasteiger partial charge is 0.476 e. The minimum Gasteiger partial charge on any atom is -0.476 e. The topological polar surface area (TPSA) is 75.7 Å². The quantitative estimate of drug-likeness (QED) is 0.780. The van der Waals surface area contributed by atoms with Gasteiger partial charge >= 0.3 is 0 Å². The molecule has 0 aromatic heterocycles. The van der Waals surface area contributed by atoms with Crippen molar-refractivity contribution < 1.29 is 17.9 Å². The van der Waals surface area contributed by atoms with Gasteiger partial charge < -0.3 is 10.1 Å². The first-order valence-corrected chi connectivity index (χ1v) is 11.1. The molecule has 1 aliphatic heterocycles. The number of anilines is 2. The molecule has 0 spiro atoms. The highest BCUT2D eigenvalue weighted by Crippen LogP contribution is 2.37. The van der Waals surface area contributed by atoms with Crippen LogP contribution in [0.15, 0.2) is 47.4 Å². The summed E-state index contributed by atoms with van der Waals surface area (Å²) in [4.78, 5) is 13.6. The monoisotopic (exact) mass is 412 g/mol. The molecule has 0 fully saturated rings. The van der Waals surface area contributed by atoms with Crippen LogP contribution in [0, 0.1) is 0 Å². The van der Waals surface area contributed by atoms with Crippen LogP contribution in [0.5, 0.6) is 5.75 Å². The molecule has 1 N–H and O–H groups in total. The standard InChI is InChI=1S/C17H17ClN2O4S2/c1-25-16-6-4-3-5-12(16)19-17(21)15-10-20(26(2,22)23)13-9-11(18)7-8-14(13)24-15/h3-9,15H,10H2,1-2H3,(H,19,21)/t15-/m0/s1. The Hall–Kier alpha value is -1.90. The number of hydrogen-bond donors (Lipinski definition) is 1. The molecule has 2 aromatic carbocycles. The Labute approximate surface area is 161 Å². The predicted molar refractivity (Wildman–Crippen MR) is 105 cm³/mol. The lowest BCUT2D eigenvalue weighted by atomic mass is 10.2. The molecule has 138 valence electrons. The summed E-state index contributed by atoms with van der Waals surface area (Å²) in [5.41, 5.74) is 0.981. The Morgan fingerprint density at radius 1 is 1.31 bits per heavy atom. The number of carbonyl (C=O) groups is 1. The molecule has 0 radical (unpaired) electrons. The molecule has 0 bridgehead atoms. The van der Waals surface area contributed by atoms with Gasteiger partial charge in [0.15, 0.2) is 6.10 Å². The number of ether oxygens (including phenoxy) is 1. The van der Waals surface area contributed by atoms with E-state index in [1.807, 2.05) is 24.5 Å². The van der Waals surface area contributed by atoms with Gasteiger partial charge in [-0.15, -0.1) is 11.8 Å². The van der Waals surface area contributed by atoms with Crippen molar-refractivity contribution in [2.45, 2.75) is 11.0 Å². The minimum atomic E-state index is -3.60. The molecule has 0 aliphatic carbocycles. The second-order valence-electron chi connectivity index (χ2n) is 5.70. The fraction of sp³-hybridized carbons (Fsp3) is 0.235. The van der Waals surface area contributed by atoms with Crippen LogP contribution in [0.4, 0.5) is 11.4 Å². The van der Waals surface area contributed by atoms with Crippen molar-refractivity contribution in [1.29, 1.82) is 0 Å². The molecule has 1 aliphatic rings. The molecule has 26 heavy (non-hydrogen) atoms. The Bertz CT molecular complexity index is 950. The normalized spacial score (nSPS) is 16.6. The number of carbonyl (C=O) groups excluding carboxylic acids is 1. The molecular weight excluding hydrogens is 396 g/mol. The number of nitrogens with one attached hydrogen (secondary N) is 1. The van der Waals surface area contributed by atoms with Gasteiger partial charge in [-0.1, -0.05) is 23.7 Å². The van der Waals surface area contributed by atoms with Crippen molar-refractivity contribution >= 4 is 50.7 Å². The fourth-order valence-electron chi connectivity index (χ4n) is 2.64. The summed E-state index contributed by atoms with van der Waals surface area (Å²) in [5, 5.41) is 3.20. The highest BCUT2D eigenvalue weighted by atomic mass is 35.5. The highest BCUT2D eigenvalue weighted by Gasteiger charge is 2.35. The maximum Gasteiger partial charge on any atom is 0.267 e. The summed E-state index contributed by atoms with van der Waals surface area (Å²) in [7, 11) is -3.60. The molecule has 0 unspecified atom stereocenters. The number of hydrogen-bond acceptors (Lipinski definition) is 5. The number of halogens is 1. The van der Waals surface area contributed by atoms with Gasteiger partial charge in [-0.25, -0.2) is 8.42 Å². The average Bonchev–Trinajstić information content (AvgIpc) is 2.60. The number of nitrogens with zero attached hydrogens (tertiary/aromatic N) is 1. The van der Waals surface area contributed by atoms with Crippen LogP contribution in [-0.2, 0) is 14.8 Å². The Balaban J connectivity index is 1.90. The van der Waals surface area contributed by atoms with Crippen LogP contribution in [0.3, 0.4) is 0 Å². The molecule has 1 amide bonds. The molecular formula is C17H17ClN2O4S2. The SMILES string of the molecule is CSc1ccccc1NC(=O)[C@@H]1CN(S(C)(=O)=O)c2cc(Cl)ccc2O1. The van der Waals surface area contributed by atoms with Crippen LogP contribution < -0.4 is 14.4 Å². The first kappa shape index (κ1) is 18.9. The second-order valence-corrected chi connectivity index (χ2v) is 8.89. The summed E-state index contributed by atoms with van der Waals surface area (Å²) in [6.07, 6.45) is 2.02. The van der Waals surface area contributed by atoms with E-state index in [0.29, 0.717) is 22.1 Å². The average molecular weight is 413 g/mol. The summed E-state index contributed by atoms with van der Waals surface area (Å²) < 4.78 is 31.2. The summed E-state index contributed by atoms with van der Waals surface area (Å²) in [5.74, 6) is -0.120. The number of amides is 1. The van der Waals surface area contributed by atoms with E-state index in [-0.39, 0.29) is 6.54 Å². The Kier molecular flexibility index (Phi) is 5.36. The van der Waals surface area contributed by atoms with Crippen molar-refractivity contribution in [3.63, 3.8) is 0 Å². The predicted octanol–water partition coefficient (Wildman–Crippen LogP) is 3.23. The van der Waals surface area contributed by atoms with Crippen LogP contribution in [0.1, 0.15) is 0 Å². The van der Waals surface area contributed by atoms with E-state index in [1.165, 1.54) is 17.8 Å². The van der Waals surface area contributed by atoms with E-state index in [9.17, 15) is 13.2 Å². The molecule has 0 saturated heterocycles. The lowest BCUT2D eigenvalue weighted by Crippen LogP contribution is -2.48. The van der Waals surface area contributed by atoms with Gasteiger partial charge in [-0.2, -0.15) is 0 Å². The maximum atomic E-state index is 12.7. The third-order valence-electron chi connectivity index (χ3n) is 3.85. The smallest absolute Gasteiger partial charge is 0.267 e. The zero-order valence-corrected chi connectivity index (χ0v) is 16.5. The van der Waals surface area contributed by atoms with Gasteiger partial charge in [0.2, 0.25) is 10.0 Å². The van der Waals surface area contributed by atoms with E-state index in [0.717, 1.165) is 15.5 Å². The van der Waals surface area contributed by atoms with E-state index in [2.05, 4.69) is 5.32 Å². The van der Waals surface area contributed by atoms with Crippen LogP contribution in [-0.4, -0.2) is 39.5 Å². The lowest BCUT2D eigenvalue weighted by molar-refractivity contribution is -0.122. The first-order chi connectivity index (χ1) is 12.3. The third kappa shape index (κ3) is 3.92. The molecule has 2 aromatic rings. The number of thioether (sulfide) groups is 1. The van der Waals surface area contributed by atoms with Crippen molar-refractivity contribution in [1.82, 2.24) is 0 Å². The van der Waals surface area contributed by atoms with Gasteiger partial charge in [-0.3, -0.25) is 9.10 Å². The molecule has 1 atom stereocenters. The Morgan fingerprint density at radius 2 is 2.04 bits per heavy atom. The van der Waals surface area contributed by atoms with Crippen molar-refractivity contribution in [2.24, 2.45) is 0 Å². The maximum absolute atomic E-state index is 12.7. The number of para-hydroxylation sites is 1. The van der Waals surface area contributed by atoms with E-state index < -0.39 is 22.0 Å². The van der Waals surface area contributed by atoms with E-state index >= 15 is 0 Å². The van der Waals surface area contributed by atoms with Crippen LogP contribution >= 0.6 is 23.4 Å². The van der Waals surface area contributed by atoms with Gasteiger partial charge in [0, 0.05) is 9.92 Å². The van der Waals surface area contributed by atoms with Crippen molar-refractivity contribution in [2.75, 3.05) is 28.7 Å². The van der Waals surface area contributed by atoms with Crippen molar-refractivity contribution in [3.8, 4) is 5.75 Å².